The average molecular weight is 487 g/mol. The topological polar surface area (TPSA) is 113 Å². The van der Waals surface area contributed by atoms with Crippen LogP contribution in [0, 0.1) is 5.82 Å². The van der Waals surface area contributed by atoms with Gasteiger partial charge in [0.25, 0.3) is 0 Å². The summed E-state index contributed by atoms with van der Waals surface area (Å²) in [6.45, 7) is 3.37. The van der Waals surface area contributed by atoms with Gasteiger partial charge in [-0.1, -0.05) is 0 Å². The van der Waals surface area contributed by atoms with Crippen LogP contribution in [-0.4, -0.2) is 39.6 Å². The highest BCUT2D eigenvalue weighted by molar-refractivity contribution is 6.23. The zero-order valence-corrected chi connectivity index (χ0v) is 19.6. The molecule has 10 heteroatoms. The molecule has 182 valence electrons. The maximum atomic E-state index is 14.6. The van der Waals surface area contributed by atoms with E-state index >= 15 is 0 Å². The molecule has 1 spiro atoms. The molecule has 1 aromatic heterocycles. The molecule has 2 aromatic rings. The van der Waals surface area contributed by atoms with Crippen LogP contribution in [0.3, 0.4) is 0 Å². The normalized spacial score (nSPS) is 22.3. The molecule has 1 aromatic carbocycles. The molecule has 9 nitrogen and oxygen atoms in total. The fraction of sp³-hybridized carbons (Fsp3) is 0.269. The van der Waals surface area contributed by atoms with E-state index in [2.05, 4.69) is 15.7 Å². The summed E-state index contributed by atoms with van der Waals surface area (Å²) >= 11 is 0. The number of ketones is 1. The molecule has 1 atom stereocenters. The summed E-state index contributed by atoms with van der Waals surface area (Å²) in [5.41, 5.74) is 3.02. The number of allylic oxidation sites excluding steroid dienone is 1. The second-order valence-corrected chi connectivity index (χ2v) is 9.29. The Morgan fingerprint density at radius 3 is 2.81 bits per heavy atom. The molecule has 6 rings (SSSR count). The van der Waals surface area contributed by atoms with Crippen LogP contribution in [0.2, 0.25) is 0 Å². The van der Waals surface area contributed by atoms with E-state index in [1.807, 2.05) is 0 Å². The molecule has 4 aliphatic rings. The van der Waals surface area contributed by atoms with Gasteiger partial charge in [-0.05, 0) is 57.0 Å². The molecule has 0 saturated heterocycles. The number of nitrogens with one attached hydrogen (secondary N) is 2. The molecular weight excluding hydrogens is 465 g/mol. The number of Topliss-reactive ketones (excluding diaryl/α,β-unsaturated/α-hetero) is 1. The van der Waals surface area contributed by atoms with E-state index in [4.69, 9.17) is 9.73 Å². The highest BCUT2D eigenvalue weighted by Crippen LogP contribution is 2.56. The van der Waals surface area contributed by atoms with Crippen LogP contribution < -0.4 is 10.7 Å². The minimum atomic E-state index is -1.89. The number of carbonyl (C=O) groups excluding carboxylic acids is 3. The van der Waals surface area contributed by atoms with Crippen molar-refractivity contribution in [3.8, 4) is 0 Å². The highest BCUT2D eigenvalue weighted by atomic mass is 19.1. The smallest absolute Gasteiger partial charge is 0.339 e. The second kappa shape index (κ2) is 7.84. The summed E-state index contributed by atoms with van der Waals surface area (Å²) in [7, 11) is 0. The van der Waals surface area contributed by atoms with Gasteiger partial charge in [-0.2, -0.15) is 0 Å². The third kappa shape index (κ3) is 2.96. The number of carbonyl (C=O) groups is 3. The molecule has 1 unspecified atom stereocenters. The van der Waals surface area contributed by atoms with Gasteiger partial charge in [0.2, 0.25) is 5.91 Å². The number of aromatic nitrogens is 1. The average Bonchev–Trinajstić information content (AvgIpc) is 3.40. The molecule has 4 heterocycles. The summed E-state index contributed by atoms with van der Waals surface area (Å²) in [5.74, 6) is -1.76. The lowest BCUT2D eigenvalue weighted by Crippen LogP contribution is -2.52. The maximum Gasteiger partial charge on any atom is 0.339 e. The summed E-state index contributed by atoms with van der Waals surface area (Å²) in [6.07, 6.45) is 3.94. The number of benzene rings is 1. The Hall–Kier alpha value is -4.34. The van der Waals surface area contributed by atoms with E-state index < -0.39 is 29.2 Å². The van der Waals surface area contributed by atoms with E-state index in [0.717, 1.165) is 0 Å². The van der Waals surface area contributed by atoms with Crippen LogP contribution in [0.1, 0.15) is 44.2 Å². The van der Waals surface area contributed by atoms with Crippen LogP contribution in [0.5, 0.6) is 0 Å². The summed E-state index contributed by atoms with van der Waals surface area (Å²) in [5, 5.41) is 4.35. The van der Waals surface area contributed by atoms with Gasteiger partial charge >= 0.3 is 5.97 Å². The van der Waals surface area contributed by atoms with Crippen molar-refractivity contribution in [2.75, 3.05) is 5.32 Å². The lowest BCUT2D eigenvalue weighted by Gasteiger charge is -2.42. The van der Waals surface area contributed by atoms with Crippen LogP contribution in [-0.2, 0) is 24.5 Å². The standard InChI is InChI=1S/C26H22FN5O4/c1-13(2)36-24(34)21-23-30-22(14-5-4-10-28-12-14)31-32(23)18-6-3-7-19(33)20(18)26(21)16-11-15(27)8-9-17(16)29-25(26)35/h4-5,8-13H,3,6-7H2,1-2H3,(H,29,35)(H,30,31). The lowest BCUT2D eigenvalue weighted by molar-refractivity contribution is -0.144. The lowest BCUT2D eigenvalue weighted by atomic mass is 9.63. The van der Waals surface area contributed by atoms with Gasteiger partial charge in [0, 0.05) is 41.2 Å². The van der Waals surface area contributed by atoms with Crippen molar-refractivity contribution in [1.29, 1.82) is 0 Å². The Morgan fingerprint density at radius 2 is 2.06 bits per heavy atom. The van der Waals surface area contributed by atoms with Crippen molar-refractivity contribution < 1.29 is 23.5 Å². The molecule has 1 aliphatic carbocycles. The number of hydrogen-bond donors (Lipinski definition) is 2. The predicted octanol–water partition coefficient (Wildman–Crippen LogP) is 2.86. The van der Waals surface area contributed by atoms with Gasteiger partial charge in [-0.25, -0.2) is 19.2 Å². The van der Waals surface area contributed by atoms with Crippen LogP contribution >= 0.6 is 0 Å². The first-order chi connectivity index (χ1) is 17.3. The Kier molecular flexibility index (Phi) is 4.82. The molecule has 0 bridgehead atoms. The Labute approximate surface area is 205 Å². The third-order valence-electron chi connectivity index (χ3n) is 6.73. The van der Waals surface area contributed by atoms with E-state index in [1.165, 1.54) is 18.2 Å². The number of hydrazine groups is 1. The van der Waals surface area contributed by atoms with Crippen molar-refractivity contribution in [2.24, 2.45) is 4.99 Å². The number of ether oxygens (including phenoxy) is 1. The quantitative estimate of drug-likeness (QED) is 0.640. The van der Waals surface area contributed by atoms with Crippen LogP contribution in [0.15, 0.2) is 70.4 Å². The Bertz CT molecular complexity index is 1450. The third-order valence-corrected chi connectivity index (χ3v) is 6.73. The van der Waals surface area contributed by atoms with Gasteiger partial charge in [0.05, 0.1) is 11.8 Å². The maximum absolute atomic E-state index is 14.6. The number of halogens is 1. The zero-order valence-electron chi connectivity index (χ0n) is 19.6. The van der Waals surface area contributed by atoms with Gasteiger partial charge < -0.3 is 10.1 Å². The summed E-state index contributed by atoms with van der Waals surface area (Å²) < 4.78 is 20.2. The van der Waals surface area contributed by atoms with Gasteiger partial charge in [-0.15, -0.1) is 0 Å². The number of pyridine rings is 1. The SMILES string of the molecule is CC(C)OC(=O)C1=C2N=C(c3cccnc3)NN2C2=C(C(=O)CCC2)C12C(=O)Nc1ccc(F)cc12. The van der Waals surface area contributed by atoms with E-state index in [-0.39, 0.29) is 34.7 Å². The number of nitrogens with zero attached hydrogens (tertiary/aromatic N) is 3. The number of esters is 1. The fourth-order valence-corrected chi connectivity index (χ4v) is 5.39. The van der Waals surface area contributed by atoms with E-state index in [1.54, 1.807) is 43.4 Å². The molecule has 36 heavy (non-hydrogen) atoms. The number of amidine groups is 1. The highest BCUT2D eigenvalue weighted by Gasteiger charge is 2.63. The first-order valence-corrected chi connectivity index (χ1v) is 11.7. The molecule has 0 saturated carbocycles. The van der Waals surface area contributed by atoms with Crippen LogP contribution in [0.4, 0.5) is 10.1 Å². The number of fused-ring (bicyclic) bond motifs is 5. The van der Waals surface area contributed by atoms with Crippen molar-refractivity contribution in [3.63, 3.8) is 0 Å². The molecule has 1 amide bonds. The van der Waals surface area contributed by atoms with Crippen molar-refractivity contribution in [3.05, 3.63) is 82.3 Å². The molecule has 2 N–H and O–H groups in total. The van der Waals surface area contributed by atoms with Gasteiger partial charge in [-0.3, -0.25) is 20.0 Å². The number of hydrogen-bond acceptors (Lipinski definition) is 8. The first kappa shape index (κ1) is 22.1. The number of aliphatic imine (C=N–C) groups is 1. The monoisotopic (exact) mass is 487 g/mol. The van der Waals surface area contributed by atoms with E-state index in [0.29, 0.717) is 35.6 Å². The zero-order chi connectivity index (χ0) is 25.2. The molecule has 3 aliphatic heterocycles. The minimum Gasteiger partial charge on any atom is -0.459 e. The summed E-state index contributed by atoms with van der Waals surface area (Å²) in [6, 6.07) is 7.41. The minimum absolute atomic E-state index is 0.126. The largest absolute Gasteiger partial charge is 0.459 e. The van der Waals surface area contributed by atoms with Crippen molar-refractivity contribution >= 4 is 29.2 Å². The van der Waals surface area contributed by atoms with Crippen molar-refractivity contribution in [2.45, 2.75) is 44.6 Å². The number of anilines is 1. The predicted molar refractivity (Wildman–Crippen MR) is 127 cm³/mol. The fourth-order valence-electron chi connectivity index (χ4n) is 5.39. The molecule has 0 radical (unpaired) electrons. The van der Waals surface area contributed by atoms with Gasteiger partial charge in [0.15, 0.2) is 17.4 Å². The van der Waals surface area contributed by atoms with Crippen LogP contribution in [0.25, 0.3) is 0 Å². The van der Waals surface area contributed by atoms with Gasteiger partial charge in [0.1, 0.15) is 16.8 Å². The number of amides is 1. The Morgan fingerprint density at radius 1 is 1.22 bits per heavy atom. The summed E-state index contributed by atoms with van der Waals surface area (Å²) in [4.78, 5) is 50.0. The second-order valence-electron chi connectivity index (χ2n) is 9.29. The first-order valence-electron chi connectivity index (χ1n) is 11.7. The Balaban J connectivity index is 1.71. The van der Waals surface area contributed by atoms with Crippen molar-refractivity contribution in [1.82, 2.24) is 15.4 Å². The number of rotatable bonds is 3. The molecular formula is C26H22FN5O4. The van der Waals surface area contributed by atoms with E-state index in [9.17, 15) is 18.8 Å². The molecule has 0 fully saturated rings.